The molecule has 4 nitrogen and oxygen atoms in total. The molecular weight excluding hydrogens is 276 g/mol. The fraction of sp³-hybridized carbons (Fsp3) is 0.222. The number of ether oxygens (including phenoxy) is 1. The molecule has 0 amide bonds. The molecule has 3 rings (SSSR count). The smallest absolute Gasteiger partial charge is 0.337 e. The molecule has 0 spiro atoms. The lowest BCUT2D eigenvalue weighted by Crippen LogP contribution is -2.00. The van der Waals surface area contributed by atoms with Crippen LogP contribution in [0.15, 0.2) is 42.5 Å². The van der Waals surface area contributed by atoms with Gasteiger partial charge in [-0.25, -0.2) is 9.78 Å². The Hall–Kier alpha value is -2.62. The second kappa shape index (κ2) is 5.64. The number of aromatic nitrogens is 2. The van der Waals surface area contributed by atoms with Crippen LogP contribution in [0.2, 0.25) is 0 Å². The zero-order valence-electron chi connectivity index (χ0n) is 12.9. The monoisotopic (exact) mass is 294 g/mol. The standard InChI is InChI=1S/C18H18N2O2/c1-11(2)12-4-6-13(7-5-12)17-19-15-9-8-14(18(21)22-3)10-16(15)20-17/h4-11H,1-3H3,(H,19,20). The van der Waals surface area contributed by atoms with Crippen molar-refractivity contribution >= 4 is 17.0 Å². The van der Waals surface area contributed by atoms with E-state index < -0.39 is 0 Å². The molecular formula is C18H18N2O2. The minimum absolute atomic E-state index is 0.348. The Balaban J connectivity index is 1.99. The van der Waals surface area contributed by atoms with Crippen molar-refractivity contribution in [2.24, 2.45) is 0 Å². The van der Waals surface area contributed by atoms with Gasteiger partial charge in [-0.05, 0) is 29.7 Å². The fourth-order valence-corrected chi connectivity index (χ4v) is 2.42. The van der Waals surface area contributed by atoms with Crippen LogP contribution in [0.5, 0.6) is 0 Å². The molecule has 0 atom stereocenters. The number of nitrogens with one attached hydrogen (secondary N) is 1. The summed E-state index contributed by atoms with van der Waals surface area (Å²) in [5.41, 5.74) is 4.50. The Labute approximate surface area is 129 Å². The van der Waals surface area contributed by atoms with E-state index in [-0.39, 0.29) is 5.97 Å². The van der Waals surface area contributed by atoms with Crippen LogP contribution in [0.25, 0.3) is 22.4 Å². The number of benzene rings is 2. The minimum Gasteiger partial charge on any atom is -0.465 e. The first-order valence-electron chi connectivity index (χ1n) is 7.27. The van der Waals surface area contributed by atoms with Gasteiger partial charge in [-0.2, -0.15) is 0 Å². The molecule has 2 aromatic carbocycles. The number of aromatic amines is 1. The number of rotatable bonds is 3. The van der Waals surface area contributed by atoms with Crippen LogP contribution in [-0.4, -0.2) is 23.0 Å². The highest BCUT2D eigenvalue weighted by Gasteiger charge is 2.10. The second-order valence-electron chi connectivity index (χ2n) is 5.59. The summed E-state index contributed by atoms with van der Waals surface area (Å²) >= 11 is 0. The van der Waals surface area contributed by atoms with Crippen molar-refractivity contribution in [2.45, 2.75) is 19.8 Å². The van der Waals surface area contributed by atoms with Crippen LogP contribution in [0.4, 0.5) is 0 Å². The van der Waals surface area contributed by atoms with Gasteiger partial charge in [-0.3, -0.25) is 0 Å². The Morgan fingerprint density at radius 2 is 1.86 bits per heavy atom. The highest BCUT2D eigenvalue weighted by atomic mass is 16.5. The average molecular weight is 294 g/mol. The zero-order chi connectivity index (χ0) is 15.7. The molecule has 0 saturated carbocycles. The molecule has 22 heavy (non-hydrogen) atoms. The number of H-pyrrole nitrogens is 1. The lowest BCUT2D eigenvalue weighted by molar-refractivity contribution is 0.0601. The van der Waals surface area contributed by atoms with E-state index in [2.05, 4.69) is 48.1 Å². The molecule has 4 heteroatoms. The van der Waals surface area contributed by atoms with Crippen LogP contribution < -0.4 is 0 Å². The molecule has 0 aliphatic rings. The molecule has 1 heterocycles. The van der Waals surface area contributed by atoms with Gasteiger partial charge < -0.3 is 9.72 Å². The maximum Gasteiger partial charge on any atom is 0.337 e. The molecule has 112 valence electrons. The quantitative estimate of drug-likeness (QED) is 0.739. The van der Waals surface area contributed by atoms with Crippen LogP contribution in [0, 0.1) is 0 Å². The number of hydrogen-bond donors (Lipinski definition) is 1. The average Bonchev–Trinajstić information content (AvgIpc) is 2.97. The minimum atomic E-state index is -0.348. The topological polar surface area (TPSA) is 55.0 Å². The summed E-state index contributed by atoms with van der Waals surface area (Å²) in [6, 6.07) is 13.7. The largest absolute Gasteiger partial charge is 0.465 e. The molecule has 0 radical (unpaired) electrons. The van der Waals surface area contributed by atoms with Crippen molar-refractivity contribution in [2.75, 3.05) is 7.11 Å². The highest BCUT2D eigenvalue weighted by Crippen LogP contribution is 2.23. The Morgan fingerprint density at radius 3 is 2.50 bits per heavy atom. The molecule has 1 N–H and O–H groups in total. The van der Waals surface area contributed by atoms with Gasteiger partial charge >= 0.3 is 5.97 Å². The second-order valence-corrected chi connectivity index (χ2v) is 5.59. The van der Waals surface area contributed by atoms with Gasteiger partial charge in [0.1, 0.15) is 5.82 Å². The van der Waals surface area contributed by atoms with E-state index in [0.29, 0.717) is 11.5 Å². The summed E-state index contributed by atoms with van der Waals surface area (Å²) < 4.78 is 4.74. The van der Waals surface area contributed by atoms with Crippen LogP contribution in [0.1, 0.15) is 35.7 Å². The van der Waals surface area contributed by atoms with Gasteiger partial charge in [0.2, 0.25) is 0 Å². The summed E-state index contributed by atoms with van der Waals surface area (Å²) in [5, 5.41) is 0. The molecule has 3 aromatic rings. The predicted molar refractivity (Wildman–Crippen MR) is 87.0 cm³/mol. The van der Waals surface area contributed by atoms with Crippen molar-refractivity contribution in [3.63, 3.8) is 0 Å². The van der Waals surface area contributed by atoms with Crippen molar-refractivity contribution in [1.82, 2.24) is 9.97 Å². The molecule has 0 saturated heterocycles. The van der Waals surface area contributed by atoms with Crippen molar-refractivity contribution in [1.29, 1.82) is 0 Å². The Morgan fingerprint density at radius 1 is 1.14 bits per heavy atom. The number of hydrogen-bond acceptors (Lipinski definition) is 3. The van der Waals surface area contributed by atoms with E-state index in [0.717, 1.165) is 22.4 Å². The van der Waals surface area contributed by atoms with E-state index >= 15 is 0 Å². The van der Waals surface area contributed by atoms with E-state index in [4.69, 9.17) is 4.74 Å². The third kappa shape index (κ3) is 2.60. The summed E-state index contributed by atoms with van der Waals surface area (Å²) in [6.07, 6.45) is 0. The third-order valence-electron chi connectivity index (χ3n) is 3.75. The lowest BCUT2D eigenvalue weighted by atomic mass is 10.0. The first kappa shape index (κ1) is 14.3. The summed E-state index contributed by atoms with van der Waals surface area (Å²) in [4.78, 5) is 19.4. The van der Waals surface area contributed by atoms with Crippen molar-refractivity contribution < 1.29 is 9.53 Å². The number of esters is 1. The number of methoxy groups -OCH3 is 1. The van der Waals surface area contributed by atoms with Crippen LogP contribution >= 0.6 is 0 Å². The molecule has 1 aromatic heterocycles. The van der Waals surface area contributed by atoms with Crippen LogP contribution in [0.3, 0.4) is 0 Å². The first-order valence-corrected chi connectivity index (χ1v) is 7.27. The van der Waals surface area contributed by atoms with Gasteiger partial charge in [0.05, 0.1) is 23.7 Å². The number of carbonyl (C=O) groups is 1. The lowest BCUT2D eigenvalue weighted by Gasteiger charge is -2.05. The first-order chi connectivity index (χ1) is 10.6. The van der Waals surface area contributed by atoms with Crippen LogP contribution in [-0.2, 0) is 4.74 Å². The van der Waals surface area contributed by atoms with Gasteiger partial charge in [-0.15, -0.1) is 0 Å². The predicted octanol–water partition coefficient (Wildman–Crippen LogP) is 4.14. The Bertz CT molecular complexity index is 817. The van der Waals surface area contributed by atoms with Gasteiger partial charge in [-0.1, -0.05) is 38.1 Å². The van der Waals surface area contributed by atoms with Gasteiger partial charge in [0, 0.05) is 5.56 Å². The summed E-state index contributed by atoms with van der Waals surface area (Å²) in [6.45, 7) is 4.34. The highest BCUT2D eigenvalue weighted by molar-refractivity contribution is 5.94. The van der Waals surface area contributed by atoms with Gasteiger partial charge in [0.15, 0.2) is 0 Å². The summed E-state index contributed by atoms with van der Waals surface area (Å²) in [5.74, 6) is 0.957. The van der Waals surface area contributed by atoms with E-state index in [9.17, 15) is 4.79 Å². The van der Waals surface area contributed by atoms with E-state index in [1.54, 1.807) is 12.1 Å². The number of imidazole rings is 1. The van der Waals surface area contributed by atoms with E-state index in [1.165, 1.54) is 12.7 Å². The Kier molecular flexibility index (Phi) is 3.67. The maximum atomic E-state index is 11.6. The molecule has 0 unspecified atom stereocenters. The van der Waals surface area contributed by atoms with E-state index in [1.807, 2.05) is 6.07 Å². The molecule has 0 bridgehead atoms. The normalized spacial score (nSPS) is 11.1. The molecule has 0 aliphatic carbocycles. The SMILES string of the molecule is COC(=O)c1ccc2nc(-c3ccc(C(C)C)cc3)[nH]c2c1. The zero-order valence-corrected chi connectivity index (χ0v) is 12.9. The van der Waals surface area contributed by atoms with Crippen molar-refractivity contribution in [3.8, 4) is 11.4 Å². The number of fused-ring (bicyclic) bond motifs is 1. The van der Waals surface area contributed by atoms with Crippen molar-refractivity contribution in [3.05, 3.63) is 53.6 Å². The molecule has 0 aliphatic heterocycles. The molecule has 0 fully saturated rings. The number of nitrogens with zero attached hydrogens (tertiary/aromatic N) is 1. The number of carbonyl (C=O) groups excluding carboxylic acids is 1. The fourth-order valence-electron chi connectivity index (χ4n) is 2.42. The van der Waals surface area contributed by atoms with Gasteiger partial charge in [0.25, 0.3) is 0 Å². The third-order valence-corrected chi connectivity index (χ3v) is 3.75. The summed E-state index contributed by atoms with van der Waals surface area (Å²) in [7, 11) is 1.38. The maximum absolute atomic E-state index is 11.6.